The summed E-state index contributed by atoms with van der Waals surface area (Å²) in [6, 6.07) is 0.298. The van der Waals surface area contributed by atoms with Crippen LogP contribution in [0.5, 0.6) is 0 Å². The Hall–Kier alpha value is -3.20. The Morgan fingerprint density at radius 3 is 2.77 bits per heavy atom. The fourth-order valence-electron chi connectivity index (χ4n) is 3.65. The van der Waals surface area contributed by atoms with Gasteiger partial charge in [0.15, 0.2) is 11.3 Å². The van der Waals surface area contributed by atoms with Crippen molar-refractivity contribution in [1.29, 1.82) is 0 Å². The van der Waals surface area contributed by atoms with Gasteiger partial charge in [-0.15, -0.1) is 0 Å². The molecular formula is C21H25N5O4. The minimum absolute atomic E-state index is 0.122. The number of hydrogen-bond donors (Lipinski definition) is 2. The summed E-state index contributed by atoms with van der Waals surface area (Å²) >= 11 is 0. The summed E-state index contributed by atoms with van der Waals surface area (Å²) < 4.78 is 12.7. The first-order chi connectivity index (χ1) is 14.6. The van der Waals surface area contributed by atoms with E-state index in [1.807, 2.05) is 23.9 Å². The van der Waals surface area contributed by atoms with Gasteiger partial charge in [0, 0.05) is 37.4 Å². The molecule has 0 amide bonds. The first kappa shape index (κ1) is 20.1. The number of nitrogens with one attached hydrogen (secondary N) is 1. The predicted molar refractivity (Wildman–Crippen MR) is 112 cm³/mol. The van der Waals surface area contributed by atoms with Crippen molar-refractivity contribution in [2.24, 2.45) is 0 Å². The highest BCUT2D eigenvalue weighted by Crippen LogP contribution is 2.32. The lowest BCUT2D eigenvalue weighted by Gasteiger charge is -2.26. The van der Waals surface area contributed by atoms with E-state index in [2.05, 4.69) is 22.3 Å². The zero-order valence-corrected chi connectivity index (χ0v) is 17.1. The standard InChI is InChI=1S/C21H25N5O4/c1-3-16-14(5-6-18-24-17(12-30-18)21(27)28)19(23-13-7-9-29-10-8-13)15-11-22-26(4-2)20(15)25-16/h5-6,11-13H,3-4,7-10H2,1-2H3,(H,23,25)(H,27,28). The smallest absolute Gasteiger partial charge is 0.357 e. The summed E-state index contributed by atoms with van der Waals surface area (Å²) in [4.78, 5) is 19.9. The van der Waals surface area contributed by atoms with E-state index in [0.717, 1.165) is 73.3 Å². The highest BCUT2D eigenvalue weighted by Gasteiger charge is 2.20. The third-order valence-electron chi connectivity index (χ3n) is 5.24. The second-order valence-electron chi connectivity index (χ2n) is 7.14. The molecule has 0 aromatic carbocycles. The average molecular weight is 411 g/mol. The second-order valence-corrected chi connectivity index (χ2v) is 7.14. The van der Waals surface area contributed by atoms with Gasteiger partial charge in [0.25, 0.3) is 0 Å². The van der Waals surface area contributed by atoms with E-state index in [9.17, 15) is 4.79 Å². The number of pyridine rings is 1. The Balaban J connectivity index is 1.79. The molecule has 4 heterocycles. The largest absolute Gasteiger partial charge is 0.476 e. The zero-order chi connectivity index (χ0) is 21.1. The monoisotopic (exact) mass is 411 g/mol. The maximum atomic E-state index is 11.1. The van der Waals surface area contributed by atoms with Crippen LogP contribution in [0.1, 0.15) is 54.3 Å². The topological polar surface area (TPSA) is 115 Å². The van der Waals surface area contributed by atoms with Gasteiger partial charge in [-0.3, -0.25) is 0 Å². The molecular weight excluding hydrogens is 386 g/mol. The summed E-state index contributed by atoms with van der Waals surface area (Å²) in [5, 5.41) is 18.2. The normalized spacial score (nSPS) is 15.3. The van der Waals surface area contributed by atoms with E-state index in [1.54, 1.807) is 6.08 Å². The van der Waals surface area contributed by atoms with Crippen LogP contribution in [-0.4, -0.2) is 50.1 Å². The summed E-state index contributed by atoms with van der Waals surface area (Å²) in [6.07, 6.45) is 9.13. The average Bonchev–Trinajstić information content (AvgIpc) is 3.40. The number of hydrogen-bond acceptors (Lipinski definition) is 7. The Labute approximate surface area is 173 Å². The van der Waals surface area contributed by atoms with E-state index >= 15 is 0 Å². The van der Waals surface area contributed by atoms with Crippen molar-refractivity contribution in [3.8, 4) is 0 Å². The highest BCUT2D eigenvalue weighted by atomic mass is 16.5. The van der Waals surface area contributed by atoms with Gasteiger partial charge in [0.2, 0.25) is 5.89 Å². The SMILES string of the molecule is CCc1nc2c(cnn2CC)c(NC2CCOCC2)c1C=Cc1nc(C(=O)O)co1. The van der Waals surface area contributed by atoms with Crippen molar-refractivity contribution in [3.63, 3.8) is 0 Å². The minimum atomic E-state index is -1.12. The van der Waals surface area contributed by atoms with Crippen molar-refractivity contribution < 1.29 is 19.1 Å². The van der Waals surface area contributed by atoms with Crippen LogP contribution in [0.4, 0.5) is 5.69 Å². The van der Waals surface area contributed by atoms with Gasteiger partial charge in [-0.1, -0.05) is 6.92 Å². The van der Waals surface area contributed by atoms with Crippen LogP contribution in [-0.2, 0) is 17.7 Å². The maximum Gasteiger partial charge on any atom is 0.357 e. The highest BCUT2D eigenvalue weighted by molar-refractivity contribution is 5.96. The van der Waals surface area contributed by atoms with E-state index in [0.29, 0.717) is 6.04 Å². The summed E-state index contributed by atoms with van der Waals surface area (Å²) in [7, 11) is 0. The molecule has 0 unspecified atom stereocenters. The van der Waals surface area contributed by atoms with Crippen LogP contribution < -0.4 is 5.32 Å². The van der Waals surface area contributed by atoms with Crippen molar-refractivity contribution in [1.82, 2.24) is 19.7 Å². The zero-order valence-electron chi connectivity index (χ0n) is 17.1. The van der Waals surface area contributed by atoms with Crippen LogP contribution in [0.3, 0.4) is 0 Å². The number of aromatic carboxylic acids is 1. The number of rotatable bonds is 7. The van der Waals surface area contributed by atoms with Crippen LogP contribution in [0.15, 0.2) is 16.9 Å². The summed E-state index contributed by atoms with van der Waals surface area (Å²) in [6.45, 7) is 6.31. The van der Waals surface area contributed by atoms with Gasteiger partial charge in [0.1, 0.15) is 6.26 Å². The Bertz CT molecular complexity index is 1080. The Morgan fingerprint density at radius 2 is 2.10 bits per heavy atom. The summed E-state index contributed by atoms with van der Waals surface area (Å²) in [5.41, 5.74) is 3.56. The molecule has 0 atom stereocenters. The molecule has 1 fully saturated rings. The molecule has 1 aliphatic heterocycles. The number of anilines is 1. The van der Waals surface area contributed by atoms with Crippen LogP contribution >= 0.6 is 0 Å². The number of carbonyl (C=O) groups is 1. The quantitative estimate of drug-likeness (QED) is 0.607. The number of nitrogens with zero attached hydrogens (tertiary/aromatic N) is 4. The summed E-state index contributed by atoms with van der Waals surface area (Å²) in [5.74, 6) is -0.889. The van der Waals surface area contributed by atoms with Gasteiger partial charge >= 0.3 is 5.97 Å². The molecule has 9 heteroatoms. The molecule has 0 saturated carbocycles. The number of oxazole rings is 1. The van der Waals surface area contributed by atoms with Gasteiger partial charge in [-0.2, -0.15) is 5.10 Å². The number of fused-ring (bicyclic) bond motifs is 1. The number of aromatic nitrogens is 4. The van der Waals surface area contributed by atoms with Crippen molar-refractivity contribution in [3.05, 3.63) is 35.3 Å². The molecule has 158 valence electrons. The van der Waals surface area contributed by atoms with Crippen LogP contribution in [0.25, 0.3) is 23.2 Å². The molecule has 0 radical (unpaired) electrons. The third kappa shape index (κ3) is 3.93. The minimum Gasteiger partial charge on any atom is -0.476 e. The number of ether oxygens (including phenoxy) is 1. The number of aryl methyl sites for hydroxylation is 2. The maximum absolute atomic E-state index is 11.1. The van der Waals surface area contributed by atoms with E-state index in [1.165, 1.54) is 0 Å². The predicted octanol–water partition coefficient (Wildman–Crippen LogP) is 3.46. The van der Waals surface area contributed by atoms with Crippen LogP contribution in [0, 0.1) is 0 Å². The number of carboxylic acid groups (broad SMARTS) is 1. The van der Waals surface area contributed by atoms with Gasteiger partial charge in [-0.05, 0) is 32.3 Å². The molecule has 2 N–H and O–H groups in total. The first-order valence-electron chi connectivity index (χ1n) is 10.2. The Morgan fingerprint density at radius 1 is 1.30 bits per heavy atom. The van der Waals surface area contributed by atoms with Gasteiger partial charge < -0.3 is 19.6 Å². The lowest BCUT2D eigenvalue weighted by atomic mass is 10.0. The molecule has 0 spiro atoms. The molecule has 9 nitrogen and oxygen atoms in total. The molecule has 1 aliphatic rings. The molecule has 3 aromatic heterocycles. The van der Waals surface area contributed by atoms with Crippen LogP contribution in [0.2, 0.25) is 0 Å². The van der Waals surface area contributed by atoms with E-state index < -0.39 is 5.97 Å². The van der Waals surface area contributed by atoms with Crippen molar-refractivity contribution in [2.75, 3.05) is 18.5 Å². The molecule has 3 aromatic rings. The molecule has 4 rings (SSSR count). The third-order valence-corrected chi connectivity index (χ3v) is 5.24. The molecule has 1 saturated heterocycles. The lowest BCUT2D eigenvalue weighted by molar-refractivity contribution is 0.0690. The number of carboxylic acids is 1. The van der Waals surface area contributed by atoms with Crippen molar-refractivity contribution in [2.45, 2.75) is 45.7 Å². The van der Waals surface area contributed by atoms with E-state index in [4.69, 9.17) is 19.2 Å². The van der Waals surface area contributed by atoms with E-state index in [-0.39, 0.29) is 11.6 Å². The molecule has 0 bridgehead atoms. The molecule has 30 heavy (non-hydrogen) atoms. The van der Waals surface area contributed by atoms with Gasteiger partial charge in [-0.25, -0.2) is 19.4 Å². The first-order valence-corrected chi connectivity index (χ1v) is 10.2. The van der Waals surface area contributed by atoms with Crippen molar-refractivity contribution >= 4 is 34.8 Å². The fraction of sp³-hybridized carbons (Fsp3) is 0.429. The lowest BCUT2D eigenvalue weighted by Crippen LogP contribution is -2.28. The van der Waals surface area contributed by atoms with Gasteiger partial charge in [0.05, 0.1) is 23.0 Å². The Kier molecular flexibility index (Phi) is 5.80. The fourth-order valence-corrected chi connectivity index (χ4v) is 3.65. The second kappa shape index (κ2) is 8.66. The molecule has 0 aliphatic carbocycles.